The number of nitrogens with zero attached hydrogens (tertiary/aromatic N) is 3. The summed E-state index contributed by atoms with van der Waals surface area (Å²) in [5.74, 6) is 0.942. The van der Waals surface area contributed by atoms with Crippen LogP contribution in [0.5, 0.6) is 0 Å². The Labute approximate surface area is 218 Å². The van der Waals surface area contributed by atoms with Gasteiger partial charge in [-0.25, -0.2) is 0 Å². The molecule has 1 atom stereocenters. The van der Waals surface area contributed by atoms with Gasteiger partial charge in [0.05, 0.1) is 5.71 Å². The second-order valence-corrected chi connectivity index (χ2v) is 11.1. The first-order valence-electron chi connectivity index (χ1n) is 13.8. The fourth-order valence-corrected chi connectivity index (χ4v) is 6.20. The van der Waals surface area contributed by atoms with Crippen LogP contribution in [0.4, 0.5) is 0 Å². The van der Waals surface area contributed by atoms with Gasteiger partial charge in [-0.15, -0.1) is 0 Å². The third-order valence-corrected chi connectivity index (χ3v) is 8.34. The molecule has 2 saturated heterocycles. The number of hydrogen-bond acceptors (Lipinski definition) is 6. The van der Waals surface area contributed by atoms with E-state index in [4.69, 9.17) is 9.90 Å². The Kier molecular flexibility index (Phi) is 10.9. The molecule has 200 valence electrons. The Hall–Kier alpha value is -2.25. The Morgan fingerprint density at radius 3 is 2.31 bits per heavy atom. The maximum absolute atomic E-state index is 10.8. The quantitative estimate of drug-likeness (QED) is 0.309. The smallest absolute Gasteiger partial charge is 0.206 e. The molecular weight excluding hydrogens is 450 g/mol. The number of amides is 1. The van der Waals surface area contributed by atoms with Crippen molar-refractivity contribution in [2.45, 2.75) is 70.3 Å². The molecule has 1 spiro atoms. The lowest BCUT2D eigenvalue weighted by Crippen LogP contribution is -2.55. The summed E-state index contributed by atoms with van der Waals surface area (Å²) in [6, 6.07) is 9.97. The summed E-state index contributed by atoms with van der Waals surface area (Å²) in [5.41, 5.74) is 4.41. The Morgan fingerprint density at radius 1 is 1.17 bits per heavy atom. The molecule has 0 aromatic heterocycles. The van der Waals surface area contributed by atoms with E-state index in [1.807, 2.05) is 19.1 Å². The third-order valence-electron chi connectivity index (χ3n) is 8.34. The second kappa shape index (κ2) is 13.9. The average Bonchev–Trinajstić information content (AvgIpc) is 2.89. The molecule has 2 heterocycles. The van der Waals surface area contributed by atoms with Gasteiger partial charge in [-0.05, 0) is 93.6 Å². The van der Waals surface area contributed by atoms with Crippen molar-refractivity contribution in [3.63, 3.8) is 0 Å². The fourth-order valence-electron chi connectivity index (χ4n) is 6.20. The topological polar surface area (TPSA) is 77.0 Å². The van der Waals surface area contributed by atoms with Crippen LogP contribution in [0.2, 0.25) is 0 Å². The molecule has 7 nitrogen and oxygen atoms in total. The molecule has 1 unspecified atom stereocenters. The van der Waals surface area contributed by atoms with Crippen molar-refractivity contribution in [1.82, 2.24) is 20.5 Å². The highest BCUT2D eigenvalue weighted by Crippen LogP contribution is 2.50. The lowest BCUT2D eigenvalue weighted by molar-refractivity contribution is -0.109. The van der Waals surface area contributed by atoms with Gasteiger partial charge in [0.2, 0.25) is 6.41 Å². The minimum Gasteiger partial charge on any atom is -0.362 e. The van der Waals surface area contributed by atoms with Gasteiger partial charge in [-0.3, -0.25) is 4.79 Å². The number of likely N-dealkylation sites (tertiary alicyclic amines) is 1. The van der Waals surface area contributed by atoms with Crippen LogP contribution in [-0.4, -0.2) is 81.7 Å². The number of hydrazone groups is 1. The maximum atomic E-state index is 10.8. The first-order valence-corrected chi connectivity index (χ1v) is 13.8. The van der Waals surface area contributed by atoms with Crippen molar-refractivity contribution in [1.29, 1.82) is 0 Å². The largest absolute Gasteiger partial charge is 0.362 e. The summed E-state index contributed by atoms with van der Waals surface area (Å²) >= 11 is 0. The van der Waals surface area contributed by atoms with E-state index in [1.165, 1.54) is 75.8 Å². The van der Waals surface area contributed by atoms with Gasteiger partial charge < -0.3 is 25.3 Å². The SMILES string of the molecule is CC(CCC=O)/C(=N/N(C)C)c1ccc(C2CCN(C3CC4(CCNCC4)C3)CC2)cc1.CNC=O. The summed E-state index contributed by atoms with van der Waals surface area (Å²) < 4.78 is 0. The number of piperidine rings is 2. The van der Waals surface area contributed by atoms with Gasteiger partial charge in [0.1, 0.15) is 6.29 Å². The highest BCUT2D eigenvalue weighted by atomic mass is 16.1. The summed E-state index contributed by atoms with van der Waals surface area (Å²) in [5, 5.41) is 12.4. The molecule has 0 radical (unpaired) electrons. The first kappa shape index (κ1) is 28.3. The Balaban J connectivity index is 0.000000840. The molecule has 2 aliphatic heterocycles. The van der Waals surface area contributed by atoms with Gasteiger partial charge in [-0.1, -0.05) is 31.2 Å². The van der Waals surface area contributed by atoms with Crippen molar-refractivity contribution in [3.8, 4) is 0 Å². The van der Waals surface area contributed by atoms with E-state index in [1.54, 1.807) is 7.05 Å². The summed E-state index contributed by atoms with van der Waals surface area (Å²) in [6.45, 7) is 7.12. The highest BCUT2D eigenvalue weighted by Gasteiger charge is 2.46. The van der Waals surface area contributed by atoms with E-state index in [9.17, 15) is 4.79 Å². The predicted molar refractivity (Wildman–Crippen MR) is 147 cm³/mol. The molecule has 36 heavy (non-hydrogen) atoms. The molecule has 1 aliphatic carbocycles. The highest BCUT2D eigenvalue weighted by molar-refractivity contribution is 6.02. The predicted octanol–water partition coefficient (Wildman–Crippen LogP) is 3.64. The van der Waals surface area contributed by atoms with Crippen LogP contribution in [0, 0.1) is 11.3 Å². The Bertz CT molecular complexity index is 832. The van der Waals surface area contributed by atoms with Crippen LogP contribution in [0.25, 0.3) is 0 Å². The van der Waals surface area contributed by atoms with Gasteiger partial charge in [0.15, 0.2) is 0 Å². The van der Waals surface area contributed by atoms with Crippen LogP contribution >= 0.6 is 0 Å². The molecule has 1 aromatic carbocycles. The summed E-state index contributed by atoms with van der Waals surface area (Å²) in [4.78, 5) is 22.7. The third kappa shape index (κ3) is 7.62. The van der Waals surface area contributed by atoms with E-state index in [2.05, 4.69) is 46.7 Å². The molecule has 1 aromatic rings. The number of hydrogen-bond donors (Lipinski definition) is 2. The molecule has 3 fully saturated rings. The molecule has 7 heteroatoms. The van der Waals surface area contributed by atoms with Crippen molar-refractivity contribution in [2.24, 2.45) is 16.4 Å². The molecule has 0 bridgehead atoms. The maximum Gasteiger partial charge on any atom is 0.206 e. The van der Waals surface area contributed by atoms with Crippen LogP contribution in [0.15, 0.2) is 29.4 Å². The average molecular weight is 498 g/mol. The van der Waals surface area contributed by atoms with Gasteiger partial charge in [0, 0.05) is 39.5 Å². The molecule has 3 aliphatic rings. The monoisotopic (exact) mass is 497 g/mol. The minimum absolute atomic E-state index is 0.266. The van der Waals surface area contributed by atoms with Crippen LogP contribution in [0.3, 0.4) is 0 Å². The number of carbonyl (C=O) groups excluding carboxylic acids is 2. The zero-order chi connectivity index (χ0) is 26.0. The lowest BCUT2D eigenvalue weighted by atomic mass is 9.60. The summed E-state index contributed by atoms with van der Waals surface area (Å²) in [6.07, 6.45) is 11.3. The van der Waals surface area contributed by atoms with Crippen LogP contribution in [-0.2, 0) is 9.59 Å². The Morgan fingerprint density at radius 2 is 1.78 bits per heavy atom. The molecule has 4 rings (SSSR count). The zero-order valence-electron chi connectivity index (χ0n) is 22.8. The van der Waals surface area contributed by atoms with Crippen molar-refractivity contribution in [3.05, 3.63) is 35.4 Å². The number of aldehydes is 1. The van der Waals surface area contributed by atoms with Crippen LogP contribution in [0.1, 0.15) is 75.3 Å². The van der Waals surface area contributed by atoms with Crippen molar-refractivity contribution >= 4 is 18.4 Å². The number of carbonyl (C=O) groups is 2. The zero-order valence-corrected chi connectivity index (χ0v) is 22.8. The van der Waals surface area contributed by atoms with E-state index in [0.29, 0.717) is 24.2 Å². The minimum atomic E-state index is 0.266. The normalized spacial score (nSPS) is 21.6. The first-order chi connectivity index (χ1) is 17.4. The van der Waals surface area contributed by atoms with Gasteiger partial charge in [0.25, 0.3) is 0 Å². The lowest BCUT2D eigenvalue weighted by Gasteiger charge is -2.55. The van der Waals surface area contributed by atoms with Crippen LogP contribution < -0.4 is 10.6 Å². The number of nitrogens with one attached hydrogen (secondary N) is 2. The van der Waals surface area contributed by atoms with Gasteiger partial charge >= 0.3 is 0 Å². The van der Waals surface area contributed by atoms with E-state index < -0.39 is 0 Å². The standard InChI is InChI=1S/C27H42N4O.C2H5NO/c1-21(5-4-18-32)26(29-30(2)3)24-8-6-22(7-9-24)23-10-16-31(17-11-23)25-19-27(20-25)12-14-28-15-13-27;1-3-2-4/h6-9,18,21,23,25,28H,4-5,10-17,19-20H2,1-3H3;2H,1H3,(H,3,4)/b29-26-;. The van der Waals surface area contributed by atoms with E-state index in [-0.39, 0.29) is 5.92 Å². The van der Waals surface area contributed by atoms with Crippen molar-refractivity contribution in [2.75, 3.05) is 47.3 Å². The molecule has 1 amide bonds. The number of benzene rings is 1. The molecular formula is C29H47N5O2. The van der Waals surface area contributed by atoms with E-state index >= 15 is 0 Å². The molecule has 1 saturated carbocycles. The van der Waals surface area contributed by atoms with Crippen molar-refractivity contribution < 1.29 is 9.59 Å². The van der Waals surface area contributed by atoms with E-state index in [0.717, 1.165) is 24.5 Å². The van der Waals surface area contributed by atoms with Gasteiger partial charge in [-0.2, -0.15) is 5.10 Å². The second-order valence-electron chi connectivity index (χ2n) is 11.1. The summed E-state index contributed by atoms with van der Waals surface area (Å²) in [7, 11) is 5.49. The molecule has 2 N–H and O–H groups in total. The fraction of sp³-hybridized carbons (Fsp3) is 0.690. The number of rotatable bonds is 9.